The maximum absolute atomic E-state index is 11.9. The van der Waals surface area contributed by atoms with E-state index in [1.54, 1.807) is 0 Å². The smallest absolute Gasteiger partial charge is 0.317 e. The fourth-order valence-electron chi connectivity index (χ4n) is 2.58. The average Bonchev–Trinajstić information content (AvgIpc) is 2.91. The van der Waals surface area contributed by atoms with Crippen LogP contribution in [0.5, 0.6) is 0 Å². The first-order valence-electron chi connectivity index (χ1n) is 7.51. The van der Waals surface area contributed by atoms with Gasteiger partial charge in [0.1, 0.15) is 0 Å². The number of nitrogens with zero attached hydrogens (tertiary/aromatic N) is 1. The third-order valence-electron chi connectivity index (χ3n) is 4.08. The first kappa shape index (κ1) is 16.8. The molecule has 0 radical (unpaired) electrons. The van der Waals surface area contributed by atoms with Gasteiger partial charge in [-0.1, -0.05) is 13.3 Å². The predicted molar refractivity (Wildman–Crippen MR) is 77.4 cm³/mol. The molecule has 1 aliphatic heterocycles. The summed E-state index contributed by atoms with van der Waals surface area (Å²) < 4.78 is 0. The van der Waals surface area contributed by atoms with Crippen LogP contribution in [0.4, 0.5) is 4.79 Å². The average molecular weight is 285 g/mol. The maximum Gasteiger partial charge on any atom is 0.317 e. The number of carbonyl (C=O) groups excluding carboxylic acids is 1. The second kappa shape index (κ2) is 8.79. The minimum atomic E-state index is -0.752. The van der Waals surface area contributed by atoms with Crippen LogP contribution in [0.15, 0.2) is 0 Å². The Kier molecular flexibility index (Phi) is 7.36. The first-order chi connectivity index (χ1) is 9.56. The second-order valence-corrected chi connectivity index (χ2v) is 5.56. The summed E-state index contributed by atoms with van der Waals surface area (Å²) >= 11 is 0. The Morgan fingerprint density at radius 1 is 1.45 bits per heavy atom. The number of nitrogens with one attached hydrogen (secondary N) is 1. The molecule has 6 nitrogen and oxygen atoms in total. The SMILES string of the molecule is CCC(CCNC(=O)N1CCC(CN)C1)CCC(=O)O. The minimum absolute atomic E-state index is 0.0194. The van der Waals surface area contributed by atoms with Crippen LogP contribution < -0.4 is 11.1 Å². The molecule has 0 aromatic rings. The molecule has 0 aromatic carbocycles. The topological polar surface area (TPSA) is 95.7 Å². The highest BCUT2D eigenvalue weighted by atomic mass is 16.4. The Balaban J connectivity index is 2.18. The van der Waals surface area contributed by atoms with Gasteiger partial charge in [-0.3, -0.25) is 4.79 Å². The second-order valence-electron chi connectivity index (χ2n) is 5.56. The van der Waals surface area contributed by atoms with Crippen molar-refractivity contribution in [1.82, 2.24) is 10.2 Å². The number of hydrogen-bond donors (Lipinski definition) is 3. The summed E-state index contributed by atoms with van der Waals surface area (Å²) in [5.41, 5.74) is 5.61. The highest BCUT2D eigenvalue weighted by Crippen LogP contribution is 2.16. The molecule has 2 amide bonds. The monoisotopic (exact) mass is 285 g/mol. The molecule has 2 unspecified atom stereocenters. The Bertz CT molecular complexity index is 323. The molecule has 0 saturated carbocycles. The molecule has 0 aromatic heterocycles. The largest absolute Gasteiger partial charge is 0.481 e. The van der Waals surface area contributed by atoms with E-state index in [1.165, 1.54) is 0 Å². The van der Waals surface area contributed by atoms with Gasteiger partial charge in [0.05, 0.1) is 0 Å². The molecular weight excluding hydrogens is 258 g/mol. The summed E-state index contributed by atoms with van der Waals surface area (Å²) in [5.74, 6) is 0.0406. The molecule has 1 aliphatic rings. The summed E-state index contributed by atoms with van der Waals surface area (Å²) in [6.07, 6.45) is 3.66. The lowest BCUT2D eigenvalue weighted by Gasteiger charge is -2.19. The molecule has 20 heavy (non-hydrogen) atoms. The number of amides is 2. The number of urea groups is 1. The van der Waals surface area contributed by atoms with Gasteiger partial charge in [-0.25, -0.2) is 4.79 Å². The van der Waals surface area contributed by atoms with Crippen molar-refractivity contribution in [2.75, 3.05) is 26.2 Å². The van der Waals surface area contributed by atoms with Gasteiger partial charge in [0, 0.05) is 26.1 Å². The fourth-order valence-corrected chi connectivity index (χ4v) is 2.58. The van der Waals surface area contributed by atoms with Gasteiger partial charge in [-0.05, 0) is 37.6 Å². The quantitative estimate of drug-likeness (QED) is 0.625. The lowest BCUT2D eigenvalue weighted by Crippen LogP contribution is -2.39. The van der Waals surface area contributed by atoms with E-state index in [0.29, 0.717) is 31.3 Å². The van der Waals surface area contributed by atoms with E-state index in [0.717, 1.165) is 32.4 Å². The van der Waals surface area contributed by atoms with Gasteiger partial charge in [-0.15, -0.1) is 0 Å². The molecule has 1 heterocycles. The van der Waals surface area contributed by atoms with Gasteiger partial charge in [0.25, 0.3) is 0 Å². The van der Waals surface area contributed by atoms with Gasteiger partial charge in [0.15, 0.2) is 0 Å². The van der Waals surface area contributed by atoms with E-state index in [2.05, 4.69) is 12.2 Å². The predicted octanol–water partition coefficient (Wildman–Crippen LogP) is 1.26. The van der Waals surface area contributed by atoms with E-state index in [-0.39, 0.29) is 12.5 Å². The maximum atomic E-state index is 11.9. The van der Waals surface area contributed by atoms with Crippen LogP contribution in [0, 0.1) is 11.8 Å². The number of carboxylic acids is 1. The molecule has 4 N–H and O–H groups in total. The molecule has 2 atom stereocenters. The molecule has 1 saturated heterocycles. The van der Waals surface area contributed by atoms with E-state index < -0.39 is 5.97 Å². The first-order valence-corrected chi connectivity index (χ1v) is 7.51. The van der Waals surface area contributed by atoms with Crippen molar-refractivity contribution in [3.63, 3.8) is 0 Å². The fraction of sp³-hybridized carbons (Fsp3) is 0.857. The van der Waals surface area contributed by atoms with Crippen LogP contribution in [0.1, 0.15) is 39.0 Å². The molecule has 0 bridgehead atoms. The number of carboxylic acid groups (broad SMARTS) is 1. The summed E-state index contributed by atoms with van der Waals surface area (Å²) in [5, 5.41) is 11.6. The molecule has 0 aliphatic carbocycles. The van der Waals surface area contributed by atoms with Crippen LogP contribution in [0.25, 0.3) is 0 Å². The highest BCUT2D eigenvalue weighted by molar-refractivity contribution is 5.74. The van der Waals surface area contributed by atoms with Crippen LogP contribution in [-0.4, -0.2) is 48.2 Å². The molecular formula is C14H27N3O3. The van der Waals surface area contributed by atoms with E-state index in [4.69, 9.17) is 10.8 Å². The van der Waals surface area contributed by atoms with E-state index >= 15 is 0 Å². The number of carbonyl (C=O) groups is 2. The van der Waals surface area contributed by atoms with Crippen molar-refractivity contribution in [3.8, 4) is 0 Å². The minimum Gasteiger partial charge on any atom is -0.481 e. The third kappa shape index (κ3) is 5.77. The number of hydrogen-bond acceptors (Lipinski definition) is 3. The van der Waals surface area contributed by atoms with Gasteiger partial charge in [0.2, 0.25) is 0 Å². The van der Waals surface area contributed by atoms with Crippen LogP contribution >= 0.6 is 0 Å². The Morgan fingerprint density at radius 3 is 2.75 bits per heavy atom. The normalized spacial score (nSPS) is 19.9. The molecule has 1 fully saturated rings. The van der Waals surface area contributed by atoms with E-state index in [9.17, 15) is 9.59 Å². The summed E-state index contributed by atoms with van der Waals surface area (Å²) in [6.45, 7) is 4.83. The van der Waals surface area contributed by atoms with E-state index in [1.807, 2.05) is 4.90 Å². The highest BCUT2D eigenvalue weighted by Gasteiger charge is 2.24. The Hall–Kier alpha value is -1.30. The Morgan fingerprint density at radius 2 is 2.20 bits per heavy atom. The van der Waals surface area contributed by atoms with Crippen molar-refractivity contribution < 1.29 is 14.7 Å². The summed E-state index contributed by atoms with van der Waals surface area (Å²) in [7, 11) is 0. The van der Waals surface area contributed by atoms with Crippen LogP contribution in [0.2, 0.25) is 0 Å². The number of likely N-dealkylation sites (tertiary alicyclic amines) is 1. The molecule has 1 rings (SSSR count). The van der Waals surface area contributed by atoms with Crippen molar-refractivity contribution >= 4 is 12.0 Å². The number of rotatable bonds is 8. The standard InChI is InChI=1S/C14H27N3O3/c1-2-11(3-4-13(18)19)5-7-16-14(20)17-8-6-12(9-15)10-17/h11-12H,2-10,15H2,1H3,(H,16,20)(H,18,19). The van der Waals surface area contributed by atoms with Gasteiger partial charge < -0.3 is 21.1 Å². The lowest BCUT2D eigenvalue weighted by molar-refractivity contribution is -0.137. The lowest BCUT2D eigenvalue weighted by atomic mass is 9.97. The van der Waals surface area contributed by atoms with Crippen LogP contribution in [-0.2, 0) is 4.79 Å². The van der Waals surface area contributed by atoms with Gasteiger partial charge >= 0.3 is 12.0 Å². The number of nitrogens with two attached hydrogens (primary N) is 1. The molecule has 116 valence electrons. The van der Waals surface area contributed by atoms with Crippen molar-refractivity contribution in [1.29, 1.82) is 0 Å². The van der Waals surface area contributed by atoms with Crippen molar-refractivity contribution in [3.05, 3.63) is 0 Å². The molecule has 0 spiro atoms. The molecule has 6 heteroatoms. The summed E-state index contributed by atoms with van der Waals surface area (Å²) in [4.78, 5) is 24.3. The van der Waals surface area contributed by atoms with Crippen molar-refractivity contribution in [2.24, 2.45) is 17.6 Å². The third-order valence-corrected chi connectivity index (χ3v) is 4.08. The number of aliphatic carboxylic acids is 1. The zero-order chi connectivity index (χ0) is 15.0. The zero-order valence-electron chi connectivity index (χ0n) is 12.3. The van der Waals surface area contributed by atoms with Gasteiger partial charge in [-0.2, -0.15) is 0 Å². The Labute approximate surface area is 120 Å². The zero-order valence-corrected chi connectivity index (χ0v) is 12.3. The summed E-state index contributed by atoms with van der Waals surface area (Å²) in [6, 6.07) is -0.0194. The van der Waals surface area contributed by atoms with Crippen molar-refractivity contribution in [2.45, 2.75) is 39.0 Å². The van der Waals surface area contributed by atoms with Crippen LogP contribution in [0.3, 0.4) is 0 Å².